The van der Waals surface area contributed by atoms with Crippen LogP contribution in [0.3, 0.4) is 0 Å². The van der Waals surface area contributed by atoms with Crippen molar-refractivity contribution in [3.05, 3.63) is 69.9 Å². The van der Waals surface area contributed by atoms with Crippen molar-refractivity contribution in [2.75, 3.05) is 19.5 Å². The second-order valence-electron chi connectivity index (χ2n) is 5.80. The first-order chi connectivity index (χ1) is 14.5. The van der Waals surface area contributed by atoms with Gasteiger partial charge in [0.05, 0.1) is 36.8 Å². The van der Waals surface area contributed by atoms with Gasteiger partial charge in [0.25, 0.3) is 5.69 Å². The molecule has 9 nitrogen and oxygen atoms in total. The van der Waals surface area contributed by atoms with Gasteiger partial charge in [-0.05, 0) is 18.2 Å². The number of non-ortho nitro benzene ring substituents is 1. The average molecular weight is 440 g/mol. The third kappa shape index (κ3) is 6.45. The number of benzene rings is 2. The standard InChI is InChI=1S/C19H15F3N2O7/c1-29-17(25)10-16(18(26)30-2)23-12-7-13(24(27)28)9-15(8-12)31-14-5-3-4-11(6-14)19(20,21)22/h3-10,23H,1-2H3/b16-10+. The number of nitro benzene ring substituents is 1. The summed E-state index contributed by atoms with van der Waals surface area (Å²) in [6, 6.07) is 7.10. The number of hydrogen-bond acceptors (Lipinski definition) is 8. The molecule has 164 valence electrons. The Morgan fingerprint density at radius 1 is 1.06 bits per heavy atom. The fourth-order valence-corrected chi connectivity index (χ4v) is 2.28. The maximum absolute atomic E-state index is 12.9. The third-order valence-electron chi connectivity index (χ3n) is 3.65. The van der Waals surface area contributed by atoms with E-state index < -0.39 is 40.0 Å². The van der Waals surface area contributed by atoms with Gasteiger partial charge in [0.2, 0.25) is 0 Å². The SMILES string of the molecule is COC(=O)/C=C(/Nc1cc(Oc2cccc(C(F)(F)F)c2)cc([N+](=O)[O-])c1)C(=O)OC. The van der Waals surface area contributed by atoms with E-state index in [1.165, 1.54) is 12.1 Å². The fourth-order valence-electron chi connectivity index (χ4n) is 2.28. The molecule has 2 rings (SSSR count). The molecule has 0 unspecified atom stereocenters. The summed E-state index contributed by atoms with van der Waals surface area (Å²) in [6.07, 6.45) is -3.85. The van der Waals surface area contributed by atoms with Crippen molar-refractivity contribution < 1.29 is 41.9 Å². The molecule has 0 amide bonds. The number of hydrogen-bond donors (Lipinski definition) is 1. The molecule has 2 aromatic rings. The smallest absolute Gasteiger partial charge is 0.416 e. The zero-order chi connectivity index (χ0) is 23.2. The summed E-state index contributed by atoms with van der Waals surface area (Å²) in [5.74, 6) is -2.30. The summed E-state index contributed by atoms with van der Waals surface area (Å²) in [5, 5.41) is 13.7. The molecule has 0 aliphatic rings. The van der Waals surface area contributed by atoms with Gasteiger partial charge in [-0.15, -0.1) is 0 Å². The summed E-state index contributed by atoms with van der Waals surface area (Å²) < 4.78 is 53.0. The number of alkyl halides is 3. The highest BCUT2D eigenvalue weighted by Gasteiger charge is 2.30. The summed E-state index contributed by atoms with van der Waals surface area (Å²) in [5.41, 5.74) is -1.94. The van der Waals surface area contributed by atoms with Crippen LogP contribution in [0.5, 0.6) is 11.5 Å². The number of methoxy groups -OCH3 is 2. The first kappa shape index (κ1) is 23.2. The lowest BCUT2D eigenvalue weighted by molar-refractivity contribution is -0.384. The van der Waals surface area contributed by atoms with Crippen molar-refractivity contribution in [2.45, 2.75) is 6.18 Å². The number of carbonyl (C=O) groups excluding carboxylic acids is 2. The molecular weight excluding hydrogens is 425 g/mol. The van der Waals surface area contributed by atoms with Crippen LogP contribution in [-0.4, -0.2) is 31.1 Å². The third-order valence-corrected chi connectivity index (χ3v) is 3.65. The average Bonchev–Trinajstić information content (AvgIpc) is 2.71. The van der Waals surface area contributed by atoms with Crippen LogP contribution in [-0.2, 0) is 25.2 Å². The van der Waals surface area contributed by atoms with Crippen LogP contribution < -0.4 is 10.1 Å². The van der Waals surface area contributed by atoms with Gasteiger partial charge in [0, 0.05) is 17.8 Å². The Morgan fingerprint density at radius 3 is 2.35 bits per heavy atom. The Balaban J connectivity index is 2.43. The number of nitrogens with one attached hydrogen (secondary N) is 1. The predicted octanol–water partition coefficient (Wildman–Crippen LogP) is 4.05. The van der Waals surface area contributed by atoms with Crippen LogP contribution in [0.15, 0.2) is 54.2 Å². The van der Waals surface area contributed by atoms with Crippen molar-refractivity contribution >= 4 is 23.3 Å². The predicted molar refractivity (Wildman–Crippen MR) is 100 cm³/mol. The highest BCUT2D eigenvalue weighted by molar-refractivity contribution is 5.98. The molecule has 0 fully saturated rings. The van der Waals surface area contributed by atoms with E-state index in [2.05, 4.69) is 14.8 Å². The van der Waals surface area contributed by atoms with Gasteiger partial charge in [0.15, 0.2) is 0 Å². The van der Waals surface area contributed by atoms with Gasteiger partial charge in [-0.25, -0.2) is 9.59 Å². The number of esters is 2. The van der Waals surface area contributed by atoms with Crippen molar-refractivity contribution in [2.24, 2.45) is 0 Å². The lowest BCUT2D eigenvalue weighted by Crippen LogP contribution is -2.15. The van der Waals surface area contributed by atoms with Crippen molar-refractivity contribution in [1.29, 1.82) is 0 Å². The summed E-state index contributed by atoms with van der Waals surface area (Å²) >= 11 is 0. The Morgan fingerprint density at radius 2 is 1.77 bits per heavy atom. The number of anilines is 1. The molecule has 0 atom stereocenters. The minimum Gasteiger partial charge on any atom is -0.466 e. The van der Waals surface area contributed by atoms with Crippen LogP contribution in [0, 0.1) is 10.1 Å². The molecule has 0 spiro atoms. The molecule has 0 heterocycles. The van der Waals surface area contributed by atoms with Crippen molar-refractivity contribution in [3.63, 3.8) is 0 Å². The van der Waals surface area contributed by atoms with Crippen LogP contribution >= 0.6 is 0 Å². The monoisotopic (exact) mass is 440 g/mol. The zero-order valence-corrected chi connectivity index (χ0v) is 16.1. The molecule has 0 saturated carbocycles. The molecule has 0 aromatic heterocycles. The maximum atomic E-state index is 12.9. The van der Waals surface area contributed by atoms with Crippen LogP contribution in [0.25, 0.3) is 0 Å². The fraction of sp³-hybridized carbons (Fsp3) is 0.158. The van der Waals surface area contributed by atoms with Crippen LogP contribution in [0.2, 0.25) is 0 Å². The molecule has 2 aromatic carbocycles. The van der Waals surface area contributed by atoms with Crippen molar-refractivity contribution in [1.82, 2.24) is 0 Å². The number of ether oxygens (including phenoxy) is 3. The summed E-state index contributed by atoms with van der Waals surface area (Å²) in [6.45, 7) is 0. The van der Waals surface area contributed by atoms with E-state index >= 15 is 0 Å². The van der Waals surface area contributed by atoms with E-state index in [-0.39, 0.29) is 17.2 Å². The largest absolute Gasteiger partial charge is 0.466 e. The second-order valence-corrected chi connectivity index (χ2v) is 5.80. The Labute approximate surface area is 173 Å². The van der Waals surface area contributed by atoms with Gasteiger partial charge in [-0.3, -0.25) is 10.1 Å². The minimum absolute atomic E-state index is 0.0725. The number of nitro groups is 1. The molecule has 0 bridgehead atoms. The summed E-state index contributed by atoms with van der Waals surface area (Å²) in [4.78, 5) is 33.8. The summed E-state index contributed by atoms with van der Waals surface area (Å²) in [7, 11) is 2.12. The maximum Gasteiger partial charge on any atom is 0.416 e. The minimum atomic E-state index is -4.61. The van der Waals surface area contributed by atoms with E-state index in [4.69, 9.17) is 4.74 Å². The Bertz CT molecular complexity index is 1040. The molecular formula is C19H15F3N2O7. The highest BCUT2D eigenvalue weighted by Crippen LogP contribution is 2.34. The van der Waals surface area contributed by atoms with Gasteiger partial charge in [-0.1, -0.05) is 6.07 Å². The topological polar surface area (TPSA) is 117 Å². The number of rotatable bonds is 7. The van der Waals surface area contributed by atoms with Gasteiger partial charge >= 0.3 is 18.1 Å². The van der Waals surface area contributed by atoms with Crippen molar-refractivity contribution in [3.8, 4) is 11.5 Å². The highest BCUT2D eigenvalue weighted by atomic mass is 19.4. The van der Waals surface area contributed by atoms with Gasteiger partial charge in [0.1, 0.15) is 17.2 Å². The normalized spacial score (nSPS) is 11.5. The zero-order valence-electron chi connectivity index (χ0n) is 16.1. The van der Waals surface area contributed by atoms with Gasteiger partial charge < -0.3 is 19.5 Å². The van der Waals surface area contributed by atoms with E-state index in [1.54, 1.807) is 0 Å². The molecule has 31 heavy (non-hydrogen) atoms. The van der Waals surface area contributed by atoms with Gasteiger partial charge in [-0.2, -0.15) is 13.2 Å². The first-order valence-electron chi connectivity index (χ1n) is 8.33. The lowest BCUT2D eigenvalue weighted by atomic mass is 10.2. The lowest BCUT2D eigenvalue weighted by Gasteiger charge is -2.12. The Hall–Kier alpha value is -4.09. The number of carbonyl (C=O) groups is 2. The van der Waals surface area contributed by atoms with E-state index in [0.29, 0.717) is 0 Å². The quantitative estimate of drug-likeness (QED) is 0.297. The van der Waals surface area contributed by atoms with E-state index in [0.717, 1.165) is 50.6 Å². The molecule has 0 aliphatic carbocycles. The second kappa shape index (κ2) is 9.61. The van der Waals surface area contributed by atoms with E-state index in [1.807, 2.05) is 0 Å². The number of nitrogens with zero attached hydrogens (tertiary/aromatic N) is 1. The number of halogens is 3. The Kier molecular flexibility index (Phi) is 7.19. The molecule has 0 radical (unpaired) electrons. The van der Waals surface area contributed by atoms with Crippen LogP contribution in [0.4, 0.5) is 24.5 Å². The molecule has 0 aliphatic heterocycles. The van der Waals surface area contributed by atoms with Crippen LogP contribution in [0.1, 0.15) is 5.56 Å². The molecule has 1 N–H and O–H groups in total. The molecule has 12 heteroatoms. The van der Waals surface area contributed by atoms with E-state index in [9.17, 15) is 32.9 Å². The first-order valence-corrected chi connectivity index (χ1v) is 8.33. The molecule has 0 saturated heterocycles.